The fraction of sp³-hybridized carbons (Fsp3) is 0.250. The summed E-state index contributed by atoms with van der Waals surface area (Å²) in [5.41, 5.74) is 2.86. The number of aromatic nitrogens is 3. The van der Waals surface area contributed by atoms with Gasteiger partial charge in [0.2, 0.25) is 0 Å². The molecule has 0 aliphatic heterocycles. The van der Waals surface area contributed by atoms with Gasteiger partial charge >= 0.3 is 0 Å². The Kier molecular flexibility index (Phi) is 3.82. The van der Waals surface area contributed by atoms with E-state index in [9.17, 15) is 4.79 Å². The van der Waals surface area contributed by atoms with Crippen LogP contribution in [0.4, 0.5) is 0 Å². The summed E-state index contributed by atoms with van der Waals surface area (Å²) in [5.74, 6) is 1.41. The zero-order valence-corrected chi connectivity index (χ0v) is 15.6. The molecule has 7 heteroatoms. The smallest absolute Gasteiger partial charge is 0.262 e. The van der Waals surface area contributed by atoms with Gasteiger partial charge in [0.25, 0.3) is 5.56 Å². The number of benzene rings is 1. The first-order chi connectivity index (χ1) is 13.2. The third kappa shape index (κ3) is 2.75. The molecule has 0 spiro atoms. The normalized spacial score (nSPS) is 13.2. The van der Waals surface area contributed by atoms with E-state index in [0.717, 1.165) is 46.5 Å². The van der Waals surface area contributed by atoms with Crippen molar-refractivity contribution in [2.24, 2.45) is 0 Å². The van der Waals surface area contributed by atoms with Crippen LogP contribution in [-0.2, 0) is 19.4 Å². The van der Waals surface area contributed by atoms with Crippen molar-refractivity contribution in [2.75, 3.05) is 7.11 Å². The van der Waals surface area contributed by atoms with Crippen LogP contribution in [0.1, 0.15) is 22.6 Å². The molecule has 136 valence electrons. The maximum atomic E-state index is 13.0. The van der Waals surface area contributed by atoms with Crippen LogP contribution >= 0.6 is 11.3 Å². The fourth-order valence-electron chi connectivity index (χ4n) is 3.59. The average molecular weight is 379 g/mol. The van der Waals surface area contributed by atoms with E-state index in [0.29, 0.717) is 12.3 Å². The summed E-state index contributed by atoms with van der Waals surface area (Å²) in [6.07, 6.45) is 4.76. The molecule has 0 fully saturated rings. The second kappa shape index (κ2) is 6.35. The number of ether oxygens (including phenoxy) is 1. The second-order valence-electron chi connectivity index (χ2n) is 6.62. The van der Waals surface area contributed by atoms with E-state index in [4.69, 9.17) is 9.26 Å². The van der Waals surface area contributed by atoms with E-state index in [1.54, 1.807) is 29.3 Å². The van der Waals surface area contributed by atoms with Gasteiger partial charge in [-0.25, -0.2) is 4.98 Å². The molecule has 0 saturated carbocycles. The van der Waals surface area contributed by atoms with Gasteiger partial charge in [-0.2, -0.15) is 0 Å². The molecule has 4 aromatic rings. The predicted molar refractivity (Wildman–Crippen MR) is 103 cm³/mol. The first kappa shape index (κ1) is 16.3. The van der Waals surface area contributed by atoms with Gasteiger partial charge < -0.3 is 9.26 Å². The Bertz CT molecular complexity index is 1190. The van der Waals surface area contributed by atoms with Gasteiger partial charge in [0.1, 0.15) is 16.3 Å². The Balaban J connectivity index is 1.46. The molecule has 0 unspecified atom stereocenters. The van der Waals surface area contributed by atoms with Gasteiger partial charge in [-0.15, -0.1) is 11.3 Å². The lowest BCUT2D eigenvalue weighted by molar-refractivity contribution is 0.376. The highest BCUT2D eigenvalue weighted by molar-refractivity contribution is 7.18. The molecule has 0 saturated heterocycles. The molecule has 3 aromatic heterocycles. The van der Waals surface area contributed by atoms with E-state index < -0.39 is 0 Å². The van der Waals surface area contributed by atoms with Crippen LogP contribution in [0, 0.1) is 0 Å². The van der Waals surface area contributed by atoms with E-state index in [-0.39, 0.29) is 5.56 Å². The Hall–Kier alpha value is -2.93. The standard InChI is InChI=1S/C20H17N3O3S/c1-25-13-7-5-12(6-8-13)16-9-14(26-22-16)10-23-11-21-19-18(20(23)24)15-3-2-4-17(15)27-19/h5-9,11H,2-4,10H2,1H3. The highest BCUT2D eigenvalue weighted by Crippen LogP contribution is 2.34. The summed E-state index contributed by atoms with van der Waals surface area (Å²) < 4.78 is 12.2. The minimum atomic E-state index is 0.00166. The lowest BCUT2D eigenvalue weighted by Gasteiger charge is -2.02. The topological polar surface area (TPSA) is 70.2 Å². The summed E-state index contributed by atoms with van der Waals surface area (Å²) in [5, 5.41) is 4.91. The van der Waals surface area contributed by atoms with Crippen molar-refractivity contribution >= 4 is 21.6 Å². The number of rotatable bonds is 4. The molecular formula is C20H17N3O3S. The molecule has 0 N–H and O–H groups in total. The first-order valence-corrected chi connectivity index (χ1v) is 9.64. The number of methoxy groups -OCH3 is 1. The van der Waals surface area contributed by atoms with Crippen LogP contribution in [0.5, 0.6) is 5.75 Å². The number of aryl methyl sites for hydroxylation is 2. The van der Waals surface area contributed by atoms with Gasteiger partial charge in [0, 0.05) is 16.5 Å². The molecule has 6 nitrogen and oxygen atoms in total. The van der Waals surface area contributed by atoms with Crippen LogP contribution in [0.2, 0.25) is 0 Å². The maximum Gasteiger partial charge on any atom is 0.262 e. The number of nitrogens with zero attached hydrogens (tertiary/aromatic N) is 3. The Morgan fingerprint density at radius 1 is 1.26 bits per heavy atom. The Morgan fingerprint density at radius 2 is 2.11 bits per heavy atom. The molecule has 0 radical (unpaired) electrons. The van der Waals surface area contributed by atoms with Crippen molar-refractivity contribution in [2.45, 2.75) is 25.8 Å². The summed E-state index contributed by atoms with van der Waals surface area (Å²) >= 11 is 1.65. The third-order valence-electron chi connectivity index (χ3n) is 4.96. The Labute approximate surface area is 159 Å². The molecule has 0 bridgehead atoms. The lowest BCUT2D eigenvalue weighted by atomic mass is 10.1. The molecule has 1 aliphatic carbocycles. The number of fused-ring (bicyclic) bond motifs is 3. The van der Waals surface area contributed by atoms with Crippen molar-refractivity contribution < 1.29 is 9.26 Å². The van der Waals surface area contributed by atoms with Crippen molar-refractivity contribution in [1.29, 1.82) is 0 Å². The van der Waals surface area contributed by atoms with Crippen molar-refractivity contribution in [1.82, 2.24) is 14.7 Å². The van der Waals surface area contributed by atoms with Gasteiger partial charge in [0.15, 0.2) is 5.76 Å². The van der Waals surface area contributed by atoms with Crippen molar-refractivity contribution in [3.05, 3.63) is 63.2 Å². The van der Waals surface area contributed by atoms with Crippen LogP contribution in [0.3, 0.4) is 0 Å². The second-order valence-corrected chi connectivity index (χ2v) is 7.71. The average Bonchev–Trinajstić information content (AvgIpc) is 3.40. The predicted octanol–water partition coefficient (Wildman–Crippen LogP) is 3.66. The minimum Gasteiger partial charge on any atom is -0.497 e. The highest BCUT2D eigenvalue weighted by atomic mass is 32.1. The Morgan fingerprint density at radius 3 is 2.93 bits per heavy atom. The van der Waals surface area contributed by atoms with Crippen molar-refractivity contribution in [3.8, 4) is 17.0 Å². The van der Waals surface area contributed by atoms with E-state index in [2.05, 4.69) is 10.1 Å². The van der Waals surface area contributed by atoms with E-state index in [1.165, 1.54) is 10.4 Å². The number of hydrogen-bond acceptors (Lipinski definition) is 6. The van der Waals surface area contributed by atoms with Crippen LogP contribution < -0.4 is 10.3 Å². The maximum absolute atomic E-state index is 13.0. The van der Waals surface area contributed by atoms with Crippen molar-refractivity contribution in [3.63, 3.8) is 0 Å². The molecule has 1 aliphatic rings. The van der Waals surface area contributed by atoms with E-state index >= 15 is 0 Å². The van der Waals surface area contributed by atoms with Gasteiger partial charge in [-0.1, -0.05) is 5.16 Å². The van der Waals surface area contributed by atoms with Gasteiger partial charge in [-0.05, 0) is 49.1 Å². The van der Waals surface area contributed by atoms with Gasteiger partial charge in [-0.3, -0.25) is 9.36 Å². The molecule has 0 atom stereocenters. The first-order valence-electron chi connectivity index (χ1n) is 8.82. The lowest BCUT2D eigenvalue weighted by Crippen LogP contribution is -2.21. The molecule has 1 aromatic carbocycles. The fourth-order valence-corrected chi connectivity index (χ4v) is 4.80. The number of hydrogen-bond donors (Lipinski definition) is 0. The van der Waals surface area contributed by atoms with Gasteiger partial charge in [0.05, 0.1) is 25.4 Å². The SMILES string of the molecule is COc1ccc(-c2cc(Cn3cnc4sc5c(c4c3=O)CCC5)on2)cc1. The molecule has 5 rings (SSSR count). The quantitative estimate of drug-likeness (QED) is 0.541. The third-order valence-corrected chi connectivity index (χ3v) is 6.16. The van der Waals surface area contributed by atoms with Crippen LogP contribution in [0.25, 0.3) is 21.5 Å². The summed E-state index contributed by atoms with van der Waals surface area (Å²) in [7, 11) is 1.63. The summed E-state index contributed by atoms with van der Waals surface area (Å²) in [4.78, 5) is 19.6. The van der Waals surface area contributed by atoms with Crippen LogP contribution in [-0.4, -0.2) is 21.8 Å². The summed E-state index contributed by atoms with van der Waals surface area (Å²) in [6, 6.07) is 9.46. The number of thiophene rings is 1. The molecular weight excluding hydrogens is 362 g/mol. The molecule has 0 amide bonds. The largest absolute Gasteiger partial charge is 0.497 e. The summed E-state index contributed by atoms with van der Waals surface area (Å²) in [6.45, 7) is 0.315. The zero-order chi connectivity index (χ0) is 18.4. The monoisotopic (exact) mass is 379 g/mol. The van der Waals surface area contributed by atoms with Crippen LogP contribution in [0.15, 0.2) is 46.0 Å². The zero-order valence-electron chi connectivity index (χ0n) is 14.8. The van der Waals surface area contributed by atoms with E-state index in [1.807, 2.05) is 30.3 Å². The molecule has 27 heavy (non-hydrogen) atoms. The minimum absolute atomic E-state index is 0.00166. The highest BCUT2D eigenvalue weighted by Gasteiger charge is 2.21. The molecule has 3 heterocycles.